The van der Waals surface area contributed by atoms with Gasteiger partial charge in [0.05, 0.1) is 28.2 Å². The number of hydrogen-bond acceptors (Lipinski definition) is 4. The van der Waals surface area contributed by atoms with Gasteiger partial charge in [0.15, 0.2) is 0 Å². The highest BCUT2D eigenvalue weighted by Crippen LogP contribution is 2.50. The predicted octanol–water partition coefficient (Wildman–Crippen LogP) is 3.97. The van der Waals surface area contributed by atoms with Crippen LogP contribution in [0.15, 0.2) is 36.5 Å². The van der Waals surface area contributed by atoms with Crippen LogP contribution in [0.2, 0.25) is 10.0 Å². The lowest BCUT2D eigenvalue weighted by Crippen LogP contribution is -2.46. The minimum Gasteiger partial charge on any atom is -0.372 e. The van der Waals surface area contributed by atoms with Gasteiger partial charge in [-0.15, -0.1) is 0 Å². The Bertz CT molecular complexity index is 911. The van der Waals surface area contributed by atoms with Crippen molar-refractivity contribution in [3.05, 3.63) is 58.1 Å². The third-order valence-electron chi connectivity index (χ3n) is 5.62. The van der Waals surface area contributed by atoms with Crippen molar-refractivity contribution < 1.29 is 13.9 Å². The van der Waals surface area contributed by atoms with Gasteiger partial charge < -0.3 is 15.0 Å². The van der Waals surface area contributed by atoms with E-state index >= 15 is 0 Å². The third-order valence-corrected chi connectivity index (χ3v) is 6.35. The largest absolute Gasteiger partial charge is 0.372 e. The molecule has 0 saturated carbocycles. The van der Waals surface area contributed by atoms with Crippen LogP contribution in [-0.4, -0.2) is 48.1 Å². The number of nitrogens with zero attached hydrogens (tertiary/aromatic N) is 2. The molecule has 0 spiro atoms. The first kappa shape index (κ1) is 19.6. The summed E-state index contributed by atoms with van der Waals surface area (Å²) in [6, 6.07) is 8.25. The molecule has 4 rings (SSSR count). The first-order valence-corrected chi connectivity index (χ1v) is 9.80. The summed E-state index contributed by atoms with van der Waals surface area (Å²) >= 11 is 12.0. The molecule has 3 heterocycles. The van der Waals surface area contributed by atoms with E-state index in [2.05, 4.69) is 15.2 Å². The number of anilines is 1. The minimum atomic E-state index is -0.565. The molecule has 0 unspecified atom stereocenters. The van der Waals surface area contributed by atoms with E-state index in [1.165, 1.54) is 12.3 Å². The summed E-state index contributed by atoms with van der Waals surface area (Å²) in [5, 5.41) is 3.69. The van der Waals surface area contributed by atoms with E-state index in [0.717, 1.165) is 12.0 Å². The Morgan fingerprint density at radius 3 is 2.71 bits per heavy atom. The number of rotatable bonds is 4. The summed E-state index contributed by atoms with van der Waals surface area (Å²) in [5.74, 6) is -1.43. The Balaban J connectivity index is 1.64. The number of aromatic nitrogens is 1. The van der Waals surface area contributed by atoms with E-state index in [-0.39, 0.29) is 30.1 Å². The number of hydrogen-bond donors (Lipinski definition) is 1. The van der Waals surface area contributed by atoms with Crippen molar-refractivity contribution in [3.8, 4) is 0 Å². The average Bonchev–Trinajstić information content (AvgIpc) is 3.23. The lowest BCUT2D eigenvalue weighted by Gasteiger charge is -2.35. The second-order valence-corrected chi connectivity index (χ2v) is 8.30. The topological polar surface area (TPSA) is 54.5 Å². The summed E-state index contributed by atoms with van der Waals surface area (Å²) in [7, 11) is 3.98. The Morgan fingerprint density at radius 2 is 2.04 bits per heavy atom. The zero-order valence-electron chi connectivity index (χ0n) is 15.4. The van der Waals surface area contributed by atoms with Crippen molar-refractivity contribution in [3.63, 3.8) is 0 Å². The van der Waals surface area contributed by atoms with E-state index in [0.29, 0.717) is 15.7 Å². The van der Waals surface area contributed by atoms with Crippen molar-refractivity contribution in [2.45, 2.75) is 30.6 Å². The molecule has 0 aliphatic carbocycles. The minimum absolute atomic E-state index is 0.167. The zero-order valence-corrected chi connectivity index (χ0v) is 16.9. The summed E-state index contributed by atoms with van der Waals surface area (Å²) in [6.07, 6.45) is 1.75. The van der Waals surface area contributed by atoms with E-state index in [1.807, 2.05) is 14.1 Å². The number of likely N-dealkylation sites (N-methyl/N-ethyl adjacent to an activating group) is 1. The van der Waals surface area contributed by atoms with E-state index in [9.17, 15) is 9.18 Å². The van der Waals surface area contributed by atoms with Crippen LogP contribution >= 0.6 is 23.2 Å². The third kappa shape index (κ3) is 3.50. The Hall–Kier alpha value is -1.73. The number of nitrogens with one attached hydrogen (secondary N) is 1. The monoisotopic (exact) mass is 423 g/mol. The molecule has 28 heavy (non-hydrogen) atoms. The number of benzene rings is 1. The number of carbonyl (C=O) groups excluding carboxylic acids is 1. The van der Waals surface area contributed by atoms with Crippen LogP contribution in [0.3, 0.4) is 0 Å². The van der Waals surface area contributed by atoms with E-state index in [1.54, 1.807) is 24.3 Å². The Labute approximate surface area is 172 Å². The Morgan fingerprint density at radius 1 is 1.25 bits per heavy atom. The number of ether oxygens (including phenoxy) is 1. The molecule has 2 bridgehead atoms. The highest BCUT2D eigenvalue weighted by Gasteiger charge is 2.57. The molecule has 2 aromatic rings. The van der Waals surface area contributed by atoms with Crippen LogP contribution in [-0.2, 0) is 9.53 Å². The van der Waals surface area contributed by atoms with Gasteiger partial charge in [0.2, 0.25) is 11.9 Å². The fraction of sp³-hybridized carbons (Fsp3) is 0.400. The molecular weight excluding hydrogens is 404 g/mol. The lowest BCUT2D eigenvalue weighted by atomic mass is 9.73. The second kappa shape index (κ2) is 7.59. The van der Waals surface area contributed by atoms with Crippen molar-refractivity contribution in [2.24, 2.45) is 5.92 Å². The van der Waals surface area contributed by atoms with Gasteiger partial charge in [-0.1, -0.05) is 23.2 Å². The fourth-order valence-electron chi connectivity index (χ4n) is 4.37. The molecule has 2 aliphatic rings. The summed E-state index contributed by atoms with van der Waals surface area (Å²) < 4.78 is 20.0. The molecule has 2 saturated heterocycles. The van der Waals surface area contributed by atoms with Crippen LogP contribution in [0.5, 0.6) is 0 Å². The SMILES string of the molecule is CN(C)[C@@H]1C[C@H]2O[C@@H]1[C@H](c1ccnc(F)c1)[C@H]2C(=O)Nc1ccc(Cl)c(Cl)c1. The molecule has 0 radical (unpaired) electrons. The maximum atomic E-state index is 13.8. The molecule has 1 N–H and O–H groups in total. The molecule has 148 valence electrons. The first-order valence-electron chi connectivity index (χ1n) is 9.04. The smallest absolute Gasteiger partial charge is 0.230 e. The van der Waals surface area contributed by atoms with Gasteiger partial charge in [0, 0.05) is 23.8 Å². The first-order chi connectivity index (χ1) is 13.3. The standard InChI is InChI=1S/C20H20Cl2FN3O2/c1-26(2)14-9-15-18(20(27)25-11-3-4-12(21)13(22)8-11)17(19(14)28-15)10-5-6-24-16(23)7-10/h3-8,14-15,17-19H,9H2,1-2H3,(H,25,27)/t14-,15-,17-,18+,19+/m1/s1. The van der Waals surface area contributed by atoms with Crippen LogP contribution in [0.1, 0.15) is 17.9 Å². The van der Waals surface area contributed by atoms with Gasteiger partial charge >= 0.3 is 0 Å². The molecule has 1 aromatic carbocycles. The van der Waals surface area contributed by atoms with Gasteiger partial charge in [-0.2, -0.15) is 4.39 Å². The molecular formula is C20H20Cl2FN3O2. The number of pyridine rings is 1. The van der Waals surface area contributed by atoms with Crippen molar-refractivity contribution in [1.82, 2.24) is 9.88 Å². The maximum Gasteiger partial charge on any atom is 0.230 e. The quantitative estimate of drug-likeness (QED) is 0.755. The highest BCUT2D eigenvalue weighted by atomic mass is 35.5. The Kier molecular flexibility index (Phi) is 5.31. The van der Waals surface area contributed by atoms with E-state index < -0.39 is 11.9 Å². The average molecular weight is 424 g/mol. The predicted molar refractivity (Wildman–Crippen MR) is 106 cm³/mol. The van der Waals surface area contributed by atoms with Crippen molar-refractivity contribution in [1.29, 1.82) is 0 Å². The summed E-state index contributed by atoms with van der Waals surface area (Å²) in [6.45, 7) is 0. The molecule has 1 aromatic heterocycles. The van der Waals surface area contributed by atoms with Crippen LogP contribution in [0.4, 0.5) is 10.1 Å². The zero-order chi connectivity index (χ0) is 20.0. The van der Waals surface area contributed by atoms with Gasteiger partial charge in [0.1, 0.15) is 0 Å². The van der Waals surface area contributed by atoms with Crippen molar-refractivity contribution >= 4 is 34.8 Å². The molecule has 2 aliphatic heterocycles. The van der Waals surface area contributed by atoms with Crippen LogP contribution in [0.25, 0.3) is 0 Å². The summed E-state index contributed by atoms with van der Waals surface area (Å²) in [5.41, 5.74) is 1.28. The molecule has 2 fully saturated rings. The van der Waals surface area contributed by atoms with Crippen LogP contribution < -0.4 is 5.32 Å². The fourth-order valence-corrected chi connectivity index (χ4v) is 4.67. The molecule has 8 heteroatoms. The lowest BCUT2D eigenvalue weighted by molar-refractivity contribution is -0.121. The highest BCUT2D eigenvalue weighted by molar-refractivity contribution is 6.42. The number of fused-ring (bicyclic) bond motifs is 2. The second-order valence-electron chi connectivity index (χ2n) is 7.49. The molecule has 5 nitrogen and oxygen atoms in total. The van der Waals surface area contributed by atoms with Gasteiger partial charge in [-0.3, -0.25) is 4.79 Å². The number of carbonyl (C=O) groups is 1. The number of amides is 1. The molecule has 1 amide bonds. The normalized spacial score (nSPS) is 28.7. The van der Waals surface area contributed by atoms with Crippen molar-refractivity contribution in [2.75, 3.05) is 19.4 Å². The number of halogens is 3. The maximum absolute atomic E-state index is 13.8. The summed E-state index contributed by atoms with van der Waals surface area (Å²) in [4.78, 5) is 18.9. The van der Waals surface area contributed by atoms with E-state index in [4.69, 9.17) is 27.9 Å². The van der Waals surface area contributed by atoms with Gasteiger partial charge in [-0.05, 0) is 56.4 Å². The van der Waals surface area contributed by atoms with Gasteiger partial charge in [-0.25, -0.2) is 4.98 Å². The molecule has 5 atom stereocenters. The van der Waals surface area contributed by atoms with Gasteiger partial charge in [0.25, 0.3) is 0 Å². The van der Waals surface area contributed by atoms with Crippen LogP contribution in [0, 0.1) is 11.9 Å².